The number of halogens is 1. The molecule has 0 saturated carbocycles. The van der Waals surface area contributed by atoms with Crippen molar-refractivity contribution in [3.63, 3.8) is 0 Å². The molecule has 0 aliphatic carbocycles. The van der Waals surface area contributed by atoms with Crippen molar-refractivity contribution in [2.24, 2.45) is 0 Å². The van der Waals surface area contributed by atoms with Crippen molar-refractivity contribution in [3.05, 3.63) is 83.9 Å². The third-order valence-electron chi connectivity index (χ3n) is 3.74. The number of aromatic nitrogens is 1. The van der Waals surface area contributed by atoms with Crippen LogP contribution in [0.3, 0.4) is 0 Å². The smallest absolute Gasteiger partial charge is 0.270 e. The maximum atomic E-state index is 12.9. The van der Waals surface area contributed by atoms with Crippen LogP contribution in [-0.4, -0.2) is 18.0 Å². The Bertz CT molecular complexity index is 880. The standard InChI is InChI=1S/C20H18FN3O2/c1-26-18-8-6-16(7-9-18)24-17-10-11-22-19(12-17)20(25)23-13-14-2-4-15(21)5-3-14/h2-12H,13H2,1H3,(H,22,24)(H,23,25). The quantitative estimate of drug-likeness (QED) is 0.707. The van der Waals surface area contributed by atoms with E-state index in [-0.39, 0.29) is 11.7 Å². The number of carbonyl (C=O) groups excluding carboxylic acids is 1. The van der Waals surface area contributed by atoms with E-state index in [1.54, 1.807) is 37.6 Å². The van der Waals surface area contributed by atoms with Crippen molar-refractivity contribution in [3.8, 4) is 5.75 Å². The number of nitrogens with zero attached hydrogens (tertiary/aromatic N) is 1. The molecule has 0 unspecified atom stereocenters. The second-order valence-corrected chi connectivity index (χ2v) is 5.59. The molecule has 1 heterocycles. The number of carbonyl (C=O) groups is 1. The lowest BCUT2D eigenvalue weighted by molar-refractivity contribution is 0.0946. The third kappa shape index (κ3) is 4.57. The molecule has 0 saturated heterocycles. The molecule has 2 N–H and O–H groups in total. The number of benzene rings is 2. The van der Waals surface area contributed by atoms with Crippen LogP contribution in [0, 0.1) is 5.82 Å². The summed E-state index contributed by atoms with van der Waals surface area (Å²) in [5.41, 5.74) is 2.73. The third-order valence-corrected chi connectivity index (χ3v) is 3.74. The van der Waals surface area contributed by atoms with E-state index in [0.717, 1.165) is 22.7 Å². The zero-order valence-electron chi connectivity index (χ0n) is 14.2. The Morgan fingerprint density at radius 2 is 1.77 bits per heavy atom. The molecule has 0 bridgehead atoms. The molecule has 0 aliphatic heterocycles. The summed E-state index contributed by atoms with van der Waals surface area (Å²) in [6, 6.07) is 16.9. The van der Waals surface area contributed by atoms with Crippen LogP contribution in [0.25, 0.3) is 0 Å². The van der Waals surface area contributed by atoms with Crippen LogP contribution < -0.4 is 15.4 Å². The summed E-state index contributed by atoms with van der Waals surface area (Å²) in [6.07, 6.45) is 1.57. The van der Waals surface area contributed by atoms with Gasteiger partial charge in [-0.3, -0.25) is 9.78 Å². The first-order chi connectivity index (χ1) is 12.6. The maximum absolute atomic E-state index is 12.9. The summed E-state index contributed by atoms with van der Waals surface area (Å²) in [5.74, 6) is 0.165. The first kappa shape index (κ1) is 17.4. The highest BCUT2D eigenvalue weighted by Crippen LogP contribution is 2.20. The second kappa shape index (κ2) is 8.11. The summed E-state index contributed by atoms with van der Waals surface area (Å²) >= 11 is 0. The lowest BCUT2D eigenvalue weighted by atomic mass is 10.2. The average molecular weight is 351 g/mol. The minimum absolute atomic E-state index is 0.297. The zero-order chi connectivity index (χ0) is 18.4. The van der Waals surface area contributed by atoms with Gasteiger partial charge in [0.25, 0.3) is 5.91 Å². The largest absolute Gasteiger partial charge is 0.497 e. The van der Waals surface area contributed by atoms with Crippen LogP contribution in [0.4, 0.5) is 15.8 Å². The second-order valence-electron chi connectivity index (χ2n) is 5.59. The molecule has 132 valence electrons. The van der Waals surface area contributed by atoms with E-state index in [2.05, 4.69) is 15.6 Å². The number of anilines is 2. The van der Waals surface area contributed by atoms with Crippen LogP contribution in [-0.2, 0) is 6.54 Å². The molecule has 0 aliphatic rings. The number of methoxy groups -OCH3 is 1. The average Bonchev–Trinajstić information content (AvgIpc) is 2.68. The fourth-order valence-electron chi connectivity index (χ4n) is 2.35. The normalized spacial score (nSPS) is 10.2. The topological polar surface area (TPSA) is 63.2 Å². The first-order valence-corrected chi connectivity index (χ1v) is 8.04. The fourth-order valence-corrected chi connectivity index (χ4v) is 2.35. The van der Waals surface area contributed by atoms with E-state index < -0.39 is 0 Å². The number of rotatable bonds is 6. The number of ether oxygens (including phenoxy) is 1. The SMILES string of the molecule is COc1ccc(Nc2ccnc(C(=O)NCc3ccc(F)cc3)c2)cc1. The Morgan fingerprint density at radius 1 is 1.04 bits per heavy atom. The summed E-state index contributed by atoms with van der Waals surface area (Å²) < 4.78 is 18.0. The summed E-state index contributed by atoms with van der Waals surface area (Å²) in [5, 5.41) is 5.99. The minimum atomic E-state index is -0.306. The molecule has 1 aromatic heterocycles. The Morgan fingerprint density at radius 3 is 2.46 bits per heavy atom. The van der Waals surface area contributed by atoms with E-state index in [1.807, 2.05) is 24.3 Å². The fraction of sp³-hybridized carbons (Fsp3) is 0.100. The highest BCUT2D eigenvalue weighted by Gasteiger charge is 2.08. The molecule has 0 atom stereocenters. The molecule has 1 amide bonds. The van der Waals surface area contributed by atoms with Gasteiger partial charge >= 0.3 is 0 Å². The molecule has 6 heteroatoms. The number of amides is 1. The maximum Gasteiger partial charge on any atom is 0.270 e. The Kier molecular flexibility index (Phi) is 5.43. The van der Waals surface area contributed by atoms with Crippen molar-refractivity contribution in [2.75, 3.05) is 12.4 Å². The number of pyridine rings is 1. The molecular formula is C20H18FN3O2. The Labute approximate surface area is 150 Å². The van der Waals surface area contributed by atoms with E-state index in [4.69, 9.17) is 4.74 Å². The molecule has 3 rings (SSSR count). The highest BCUT2D eigenvalue weighted by atomic mass is 19.1. The van der Waals surface area contributed by atoms with Crippen LogP contribution in [0.2, 0.25) is 0 Å². The van der Waals surface area contributed by atoms with Gasteiger partial charge in [-0.2, -0.15) is 0 Å². The van der Waals surface area contributed by atoms with Gasteiger partial charge in [-0.05, 0) is 54.1 Å². The predicted molar refractivity (Wildman–Crippen MR) is 98.1 cm³/mol. The van der Waals surface area contributed by atoms with Gasteiger partial charge in [0.1, 0.15) is 17.3 Å². The van der Waals surface area contributed by atoms with Gasteiger partial charge in [-0.15, -0.1) is 0 Å². The molecule has 0 spiro atoms. The van der Waals surface area contributed by atoms with Crippen molar-refractivity contribution >= 4 is 17.3 Å². The van der Waals surface area contributed by atoms with Crippen molar-refractivity contribution in [1.29, 1.82) is 0 Å². The van der Waals surface area contributed by atoms with Gasteiger partial charge in [0.15, 0.2) is 0 Å². The molecule has 5 nitrogen and oxygen atoms in total. The molecule has 2 aromatic carbocycles. The van der Waals surface area contributed by atoms with Gasteiger partial charge in [-0.1, -0.05) is 12.1 Å². The molecule has 0 fully saturated rings. The van der Waals surface area contributed by atoms with Crippen LogP contribution in [0.15, 0.2) is 66.9 Å². The summed E-state index contributed by atoms with van der Waals surface area (Å²) in [7, 11) is 1.61. The zero-order valence-corrected chi connectivity index (χ0v) is 14.2. The lowest BCUT2D eigenvalue weighted by Crippen LogP contribution is -2.23. The summed E-state index contributed by atoms with van der Waals surface area (Å²) in [6.45, 7) is 0.303. The molecule has 26 heavy (non-hydrogen) atoms. The number of hydrogen-bond donors (Lipinski definition) is 2. The van der Waals surface area contributed by atoms with E-state index >= 15 is 0 Å². The van der Waals surface area contributed by atoms with Crippen molar-refractivity contribution < 1.29 is 13.9 Å². The summed E-state index contributed by atoms with van der Waals surface area (Å²) in [4.78, 5) is 16.4. The number of hydrogen-bond acceptors (Lipinski definition) is 4. The van der Waals surface area contributed by atoms with E-state index in [0.29, 0.717) is 12.2 Å². The lowest BCUT2D eigenvalue weighted by Gasteiger charge is -2.09. The van der Waals surface area contributed by atoms with E-state index in [1.165, 1.54) is 12.1 Å². The first-order valence-electron chi connectivity index (χ1n) is 8.04. The minimum Gasteiger partial charge on any atom is -0.497 e. The van der Waals surface area contributed by atoms with Crippen molar-refractivity contribution in [1.82, 2.24) is 10.3 Å². The van der Waals surface area contributed by atoms with Gasteiger partial charge in [0.2, 0.25) is 0 Å². The van der Waals surface area contributed by atoms with Gasteiger partial charge in [0.05, 0.1) is 7.11 Å². The highest BCUT2D eigenvalue weighted by molar-refractivity contribution is 5.93. The Balaban J connectivity index is 1.63. The van der Waals surface area contributed by atoms with Crippen LogP contribution >= 0.6 is 0 Å². The monoisotopic (exact) mass is 351 g/mol. The Hall–Kier alpha value is -3.41. The van der Waals surface area contributed by atoms with Gasteiger partial charge in [0, 0.05) is 24.1 Å². The molecular weight excluding hydrogens is 333 g/mol. The predicted octanol–water partition coefficient (Wildman–Crippen LogP) is 3.90. The van der Waals surface area contributed by atoms with Gasteiger partial charge in [-0.25, -0.2) is 4.39 Å². The van der Waals surface area contributed by atoms with Gasteiger partial charge < -0.3 is 15.4 Å². The van der Waals surface area contributed by atoms with Crippen LogP contribution in [0.5, 0.6) is 5.75 Å². The molecule has 0 radical (unpaired) electrons. The number of nitrogens with one attached hydrogen (secondary N) is 2. The molecule has 3 aromatic rings. The van der Waals surface area contributed by atoms with E-state index in [9.17, 15) is 9.18 Å². The van der Waals surface area contributed by atoms with Crippen molar-refractivity contribution in [2.45, 2.75) is 6.54 Å². The van der Waals surface area contributed by atoms with Crippen LogP contribution in [0.1, 0.15) is 16.1 Å².